The molecule has 6 nitrogen and oxygen atoms in total. The van der Waals surface area contributed by atoms with Crippen LogP contribution in [0, 0.1) is 0 Å². The molecule has 6 heteroatoms. The number of carbonyl (C=O) groups excluding carboxylic acids is 1. The minimum atomic E-state index is -0.601. The van der Waals surface area contributed by atoms with E-state index in [0.717, 1.165) is 28.7 Å². The van der Waals surface area contributed by atoms with Crippen molar-refractivity contribution in [2.75, 3.05) is 13.7 Å². The van der Waals surface area contributed by atoms with E-state index in [1.165, 1.54) is 7.11 Å². The van der Waals surface area contributed by atoms with Crippen molar-refractivity contribution >= 4 is 5.78 Å². The number of hydrogen-bond acceptors (Lipinski definition) is 6. The summed E-state index contributed by atoms with van der Waals surface area (Å²) in [6.07, 6.45) is 2.18. The van der Waals surface area contributed by atoms with Gasteiger partial charge in [0.15, 0.2) is 11.5 Å². The Hall–Kier alpha value is -2.41. The molecular formula is C24H33NO5. The Morgan fingerprint density at radius 2 is 1.93 bits per heavy atom. The maximum atomic E-state index is 12.3. The van der Waals surface area contributed by atoms with E-state index < -0.39 is 6.10 Å². The molecule has 0 saturated heterocycles. The summed E-state index contributed by atoms with van der Waals surface area (Å²) in [5, 5.41) is 29.8. The summed E-state index contributed by atoms with van der Waals surface area (Å²) in [4.78, 5) is 12.3. The summed E-state index contributed by atoms with van der Waals surface area (Å²) < 4.78 is 5.50. The zero-order chi connectivity index (χ0) is 22.1. The van der Waals surface area contributed by atoms with Gasteiger partial charge in [0.05, 0.1) is 13.2 Å². The molecule has 1 unspecified atom stereocenters. The molecule has 0 aliphatic carbocycles. The Morgan fingerprint density at radius 3 is 2.57 bits per heavy atom. The molecule has 2 rings (SSSR count). The van der Waals surface area contributed by atoms with Crippen LogP contribution in [0.1, 0.15) is 49.3 Å². The van der Waals surface area contributed by atoms with Gasteiger partial charge in [-0.2, -0.15) is 0 Å². The topological polar surface area (TPSA) is 113 Å². The minimum Gasteiger partial charge on any atom is -0.504 e. The van der Waals surface area contributed by atoms with E-state index in [2.05, 4.69) is 0 Å². The third-order valence-electron chi connectivity index (χ3n) is 5.24. The average Bonchev–Trinajstić information content (AvgIpc) is 2.73. The third-order valence-corrected chi connectivity index (χ3v) is 5.24. The standard InChI is InChI=1S/C24H33NO5/c1-3-4-19(27)14-20(28)8-6-17-7-10-22(29)24(30-2)23(17)21-9-5-16(15-25)13-18(21)11-12-26/h5,7,9-10,13,19,26-27,29H,3-4,6,8,11-12,14-15,25H2,1-2H3. The van der Waals surface area contributed by atoms with Gasteiger partial charge in [0, 0.05) is 31.6 Å². The van der Waals surface area contributed by atoms with E-state index in [1.807, 2.05) is 25.1 Å². The van der Waals surface area contributed by atoms with Gasteiger partial charge in [-0.1, -0.05) is 37.6 Å². The molecule has 0 bridgehead atoms. The molecule has 0 fully saturated rings. The van der Waals surface area contributed by atoms with Crippen LogP contribution in [-0.2, 0) is 24.2 Å². The molecule has 0 aliphatic heterocycles. The molecule has 0 radical (unpaired) electrons. The first-order valence-electron chi connectivity index (χ1n) is 10.5. The van der Waals surface area contributed by atoms with Crippen LogP contribution >= 0.6 is 0 Å². The highest BCUT2D eigenvalue weighted by atomic mass is 16.5. The number of nitrogens with two attached hydrogens (primary N) is 1. The summed E-state index contributed by atoms with van der Waals surface area (Å²) in [6, 6.07) is 9.14. The van der Waals surface area contributed by atoms with Crippen molar-refractivity contribution in [3.63, 3.8) is 0 Å². The van der Waals surface area contributed by atoms with E-state index in [0.29, 0.717) is 37.1 Å². The smallest absolute Gasteiger partial charge is 0.168 e. The number of aliphatic hydroxyl groups is 2. The average molecular weight is 416 g/mol. The Kier molecular flexibility index (Phi) is 9.30. The normalized spacial score (nSPS) is 12.0. The quantitative estimate of drug-likeness (QED) is 0.424. The predicted molar refractivity (Wildman–Crippen MR) is 118 cm³/mol. The molecule has 0 aromatic heterocycles. The number of aryl methyl sites for hydroxylation is 1. The Labute approximate surface area is 178 Å². The first kappa shape index (κ1) is 23.9. The summed E-state index contributed by atoms with van der Waals surface area (Å²) in [5.41, 5.74) is 10.0. The van der Waals surface area contributed by atoms with Crippen LogP contribution in [-0.4, -0.2) is 40.9 Å². The van der Waals surface area contributed by atoms with Crippen molar-refractivity contribution in [2.45, 2.75) is 58.1 Å². The predicted octanol–water partition coefficient (Wildman–Crippen LogP) is 3.11. The fourth-order valence-electron chi connectivity index (χ4n) is 3.74. The number of phenolic OH excluding ortho intramolecular Hbond substituents is 1. The molecule has 164 valence electrons. The SMILES string of the molecule is CCCC(O)CC(=O)CCc1ccc(O)c(OC)c1-c1ccc(CN)cc1CCO. The van der Waals surface area contributed by atoms with Crippen LogP contribution < -0.4 is 10.5 Å². The van der Waals surface area contributed by atoms with Gasteiger partial charge >= 0.3 is 0 Å². The van der Waals surface area contributed by atoms with Crippen molar-refractivity contribution in [1.29, 1.82) is 0 Å². The van der Waals surface area contributed by atoms with Gasteiger partial charge < -0.3 is 25.8 Å². The monoisotopic (exact) mass is 415 g/mol. The highest BCUT2D eigenvalue weighted by Crippen LogP contribution is 2.42. The second-order valence-corrected chi connectivity index (χ2v) is 7.51. The van der Waals surface area contributed by atoms with Crippen molar-refractivity contribution in [3.8, 4) is 22.6 Å². The van der Waals surface area contributed by atoms with Gasteiger partial charge in [-0.25, -0.2) is 0 Å². The molecule has 2 aromatic carbocycles. The maximum absolute atomic E-state index is 12.3. The maximum Gasteiger partial charge on any atom is 0.168 e. The van der Waals surface area contributed by atoms with Crippen molar-refractivity contribution in [2.24, 2.45) is 5.73 Å². The largest absolute Gasteiger partial charge is 0.504 e. The van der Waals surface area contributed by atoms with Crippen molar-refractivity contribution in [1.82, 2.24) is 0 Å². The molecule has 1 atom stereocenters. The summed E-state index contributed by atoms with van der Waals surface area (Å²) >= 11 is 0. The Bertz CT molecular complexity index is 850. The second kappa shape index (κ2) is 11.7. The molecule has 5 N–H and O–H groups in total. The lowest BCUT2D eigenvalue weighted by atomic mass is 9.89. The van der Waals surface area contributed by atoms with Crippen LogP contribution in [0.2, 0.25) is 0 Å². The van der Waals surface area contributed by atoms with E-state index in [1.54, 1.807) is 12.1 Å². The van der Waals surface area contributed by atoms with Gasteiger partial charge in [-0.3, -0.25) is 4.79 Å². The zero-order valence-corrected chi connectivity index (χ0v) is 17.9. The van der Waals surface area contributed by atoms with E-state index in [9.17, 15) is 20.1 Å². The molecule has 0 spiro atoms. The van der Waals surface area contributed by atoms with Crippen molar-refractivity contribution < 1.29 is 24.9 Å². The highest BCUT2D eigenvalue weighted by molar-refractivity contribution is 5.82. The lowest BCUT2D eigenvalue weighted by Gasteiger charge is -2.19. The number of carbonyl (C=O) groups is 1. The molecule has 0 amide bonds. The number of methoxy groups -OCH3 is 1. The summed E-state index contributed by atoms with van der Waals surface area (Å²) in [5.74, 6) is 0.354. The number of ether oxygens (including phenoxy) is 1. The van der Waals surface area contributed by atoms with Gasteiger partial charge in [0.1, 0.15) is 5.78 Å². The molecule has 0 aliphatic rings. The first-order chi connectivity index (χ1) is 14.4. The number of benzene rings is 2. The molecule has 0 heterocycles. The number of ketones is 1. The van der Waals surface area contributed by atoms with Gasteiger partial charge in [0.25, 0.3) is 0 Å². The van der Waals surface area contributed by atoms with Crippen molar-refractivity contribution in [3.05, 3.63) is 47.0 Å². The fourth-order valence-corrected chi connectivity index (χ4v) is 3.74. The fraction of sp³-hybridized carbons (Fsp3) is 0.458. The minimum absolute atomic E-state index is 0.00278. The van der Waals surface area contributed by atoms with Crippen LogP contribution in [0.15, 0.2) is 30.3 Å². The van der Waals surface area contributed by atoms with Gasteiger partial charge in [-0.15, -0.1) is 0 Å². The number of phenols is 1. The number of aromatic hydroxyl groups is 1. The number of aliphatic hydroxyl groups excluding tert-OH is 2. The van der Waals surface area contributed by atoms with E-state index >= 15 is 0 Å². The lowest BCUT2D eigenvalue weighted by Crippen LogP contribution is -2.13. The second-order valence-electron chi connectivity index (χ2n) is 7.51. The van der Waals surface area contributed by atoms with Gasteiger partial charge in [0.2, 0.25) is 0 Å². The summed E-state index contributed by atoms with van der Waals surface area (Å²) in [6.45, 7) is 2.34. The van der Waals surface area contributed by atoms with Crippen LogP contribution in [0.5, 0.6) is 11.5 Å². The van der Waals surface area contributed by atoms with Crippen LogP contribution in [0.25, 0.3) is 11.1 Å². The van der Waals surface area contributed by atoms with E-state index in [-0.39, 0.29) is 31.0 Å². The Morgan fingerprint density at radius 1 is 1.17 bits per heavy atom. The first-order valence-corrected chi connectivity index (χ1v) is 10.5. The Balaban J connectivity index is 2.42. The molecular weight excluding hydrogens is 382 g/mol. The highest BCUT2D eigenvalue weighted by Gasteiger charge is 2.20. The number of rotatable bonds is 12. The number of hydrogen-bond donors (Lipinski definition) is 4. The third kappa shape index (κ3) is 6.05. The van der Waals surface area contributed by atoms with E-state index in [4.69, 9.17) is 10.5 Å². The molecule has 0 saturated carbocycles. The number of Topliss-reactive ketones (excluding diaryl/α,β-unsaturated/α-hetero) is 1. The van der Waals surface area contributed by atoms with Crippen LogP contribution in [0.4, 0.5) is 0 Å². The van der Waals surface area contributed by atoms with Gasteiger partial charge in [-0.05, 0) is 47.6 Å². The summed E-state index contributed by atoms with van der Waals surface area (Å²) in [7, 11) is 1.49. The lowest BCUT2D eigenvalue weighted by molar-refractivity contribution is -0.121. The molecule has 30 heavy (non-hydrogen) atoms. The zero-order valence-electron chi connectivity index (χ0n) is 17.9. The van der Waals surface area contributed by atoms with Crippen LogP contribution in [0.3, 0.4) is 0 Å². The molecule has 2 aromatic rings.